The first-order chi connectivity index (χ1) is 12.0. The number of hydrogen-bond acceptors (Lipinski definition) is 2. The third-order valence-corrected chi connectivity index (χ3v) is 6.24. The lowest BCUT2D eigenvalue weighted by atomic mass is 10.0. The maximum absolute atomic E-state index is 12.7. The number of likely N-dealkylation sites (tertiary alicyclic amines) is 1. The first-order valence-electron chi connectivity index (χ1n) is 9.41. The molecular weight excluding hydrogens is 336 g/mol. The van der Waals surface area contributed by atoms with Crippen LogP contribution in [0, 0.1) is 5.92 Å². The van der Waals surface area contributed by atoms with Crippen LogP contribution < -0.4 is 5.32 Å². The molecule has 0 aromatic heterocycles. The van der Waals surface area contributed by atoms with Gasteiger partial charge >= 0.3 is 0 Å². The van der Waals surface area contributed by atoms with E-state index < -0.39 is 0 Å². The Balaban J connectivity index is 1.35. The van der Waals surface area contributed by atoms with Gasteiger partial charge in [0.2, 0.25) is 11.8 Å². The normalized spacial score (nSPS) is 25.4. The number of hydrogen-bond donors (Lipinski definition) is 1. The summed E-state index contributed by atoms with van der Waals surface area (Å²) >= 11 is 5.94. The molecule has 1 saturated heterocycles. The molecule has 1 aromatic carbocycles. The lowest BCUT2D eigenvalue weighted by Gasteiger charge is -2.24. The highest BCUT2D eigenvalue weighted by molar-refractivity contribution is 6.30. The van der Waals surface area contributed by atoms with Crippen LogP contribution in [0.15, 0.2) is 24.3 Å². The Labute approximate surface area is 153 Å². The van der Waals surface area contributed by atoms with Crippen molar-refractivity contribution < 1.29 is 9.59 Å². The summed E-state index contributed by atoms with van der Waals surface area (Å²) in [6.07, 6.45) is 7.83. The SMILES string of the molecule is O=C(NC1(Cc2ccc(Cl)cc2)CC1)[C@@H]1CC(=O)N(C2CCCC2)C1. The highest BCUT2D eigenvalue weighted by Gasteiger charge is 2.46. The van der Waals surface area contributed by atoms with Crippen LogP contribution in [0.1, 0.15) is 50.5 Å². The molecule has 4 nitrogen and oxygen atoms in total. The molecule has 3 aliphatic rings. The fourth-order valence-corrected chi connectivity index (χ4v) is 4.46. The topological polar surface area (TPSA) is 49.4 Å². The summed E-state index contributed by atoms with van der Waals surface area (Å²) in [6, 6.07) is 8.20. The molecule has 25 heavy (non-hydrogen) atoms. The van der Waals surface area contributed by atoms with E-state index in [0.29, 0.717) is 19.0 Å². The van der Waals surface area contributed by atoms with E-state index in [2.05, 4.69) is 5.32 Å². The van der Waals surface area contributed by atoms with Crippen LogP contribution in [-0.4, -0.2) is 34.8 Å². The van der Waals surface area contributed by atoms with Gasteiger partial charge in [-0.1, -0.05) is 36.6 Å². The first-order valence-corrected chi connectivity index (χ1v) is 9.78. The fraction of sp³-hybridized carbons (Fsp3) is 0.600. The second-order valence-electron chi connectivity index (χ2n) is 7.96. The Hall–Kier alpha value is -1.55. The molecule has 2 amide bonds. The molecule has 1 heterocycles. The molecule has 134 valence electrons. The minimum atomic E-state index is -0.184. The smallest absolute Gasteiger partial charge is 0.225 e. The zero-order chi connectivity index (χ0) is 17.4. The molecule has 1 aliphatic heterocycles. The Morgan fingerprint density at radius 3 is 2.52 bits per heavy atom. The highest BCUT2D eigenvalue weighted by Crippen LogP contribution is 2.39. The number of amides is 2. The second-order valence-corrected chi connectivity index (χ2v) is 8.39. The van der Waals surface area contributed by atoms with Gasteiger partial charge in [-0.2, -0.15) is 0 Å². The van der Waals surface area contributed by atoms with E-state index in [1.807, 2.05) is 29.2 Å². The van der Waals surface area contributed by atoms with E-state index in [4.69, 9.17) is 11.6 Å². The molecule has 0 bridgehead atoms. The average Bonchev–Trinajstić information content (AvgIpc) is 3.00. The van der Waals surface area contributed by atoms with Crippen molar-refractivity contribution in [3.63, 3.8) is 0 Å². The van der Waals surface area contributed by atoms with Crippen molar-refractivity contribution >= 4 is 23.4 Å². The van der Waals surface area contributed by atoms with Crippen molar-refractivity contribution in [3.8, 4) is 0 Å². The summed E-state index contributed by atoms with van der Waals surface area (Å²) in [5.41, 5.74) is 1.08. The molecule has 0 unspecified atom stereocenters. The minimum Gasteiger partial charge on any atom is -0.350 e. The number of benzene rings is 1. The fourth-order valence-electron chi connectivity index (χ4n) is 4.33. The number of nitrogens with zero attached hydrogens (tertiary/aromatic N) is 1. The van der Waals surface area contributed by atoms with Crippen molar-refractivity contribution in [3.05, 3.63) is 34.9 Å². The molecule has 1 N–H and O–H groups in total. The van der Waals surface area contributed by atoms with Crippen LogP contribution in [0.5, 0.6) is 0 Å². The van der Waals surface area contributed by atoms with Crippen molar-refractivity contribution in [2.24, 2.45) is 5.92 Å². The quantitative estimate of drug-likeness (QED) is 0.875. The van der Waals surface area contributed by atoms with E-state index in [-0.39, 0.29) is 23.3 Å². The van der Waals surface area contributed by atoms with Gasteiger partial charge in [-0.3, -0.25) is 9.59 Å². The Bertz CT molecular complexity index is 663. The van der Waals surface area contributed by atoms with Crippen molar-refractivity contribution in [2.45, 2.75) is 62.9 Å². The largest absolute Gasteiger partial charge is 0.350 e. The predicted molar refractivity (Wildman–Crippen MR) is 97.3 cm³/mol. The van der Waals surface area contributed by atoms with Crippen LogP contribution in [0.25, 0.3) is 0 Å². The van der Waals surface area contributed by atoms with Crippen LogP contribution >= 0.6 is 11.6 Å². The molecule has 1 aromatic rings. The van der Waals surface area contributed by atoms with Gasteiger partial charge in [0.25, 0.3) is 0 Å². The predicted octanol–water partition coefficient (Wildman–Crippen LogP) is 3.32. The van der Waals surface area contributed by atoms with Gasteiger partial charge in [-0.05, 0) is 49.8 Å². The molecule has 2 saturated carbocycles. The van der Waals surface area contributed by atoms with Crippen molar-refractivity contribution in [1.82, 2.24) is 10.2 Å². The van der Waals surface area contributed by atoms with Gasteiger partial charge in [0.05, 0.1) is 5.92 Å². The van der Waals surface area contributed by atoms with Crippen molar-refractivity contribution in [2.75, 3.05) is 6.54 Å². The van der Waals surface area contributed by atoms with E-state index in [1.165, 1.54) is 18.4 Å². The van der Waals surface area contributed by atoms with E-state index >= 15 is 0 Å². The zero-order valence-corrected chi connectivity index (χ0v) is 15.2. The maximum atomic E-state index is 12.7. The van der Waals surface area contributed by atoms with Gasteiger partial charge in [-0.25, -0.2) is 0 Å². The number of nitrogens with one attached hydrogen (secondary N) is 1. The molecule has 3 fully saturated rings. The number of halogens is 1. The third kappa shape index (κ3) is 3.69. The molecular formula is C20H25ClN2O2. The molecule has 5 heteroatoms. The molecule has 0 radical (unpaired) electrons. The number of rotatable bonds is 5. The summed E-state index contributed by atoms with van der Waals surface area (Å²) in [7, 11) is 0. The van der Waals surface area contributed by atoms with Gasteiger partial charge in [-0.15, -0.1) is 0 Å². The van der Waals surface area contributed by atoms with Crippen molar-refractivity contribution in [1.29, 1.82) is 0 Å². The maximum Gasteiger partial charge on any atom is 0.225 e. The van der Waals surface area contributed by atoms with Gasteiger partial charge in [0.1, 0.15) is 0 Å². The third-order valence-electron chi connectivity index (χ3n) is 5.99. The van der Waals surface area contributed by atoms with E-state index in [9.17, 15) is 9.59 Å². The Kier molecular flexibility index (Phi) is 4.48. The van der Waals surface area contributed by atoms with Gasteiger partial charge < -0.3 is 10.2 Å². The van der Waals surface area contributed by atoms with Crippen LogP contribution in [-0.2, 0) is 16.0 Å². The molecule has 1 atom stereocenters. The molecule has 0 spiro atoms. The lowest BCUT2D eigenvalue weighted by molar-refractivity contribution is -0.130. The molecule has 2 aliphatic carbocycles. The van der Waals surface area contributed by atoms with Crippen LogP contribution in [0.4, 0.5) is 0 Å². The standard InChI is InChI=1S/C20H25ClN2O2/c21-16-7-5-14(6-8-16)12-20(9-10-20)22-19(25)15-11-18(24)23(13-15)17-3-1-2-4-17/h5-8,15,17H,1-4,9-13H2,(H,22,25)/t15-/m1/s1. The summed E-state index contributed by atoms with van der Waals surface area (Å²) < 4.78 is 0. The number of carbonyl (C=O) groups is 2. The average molecular weight is 361 g/mol. The lowest BCUT2D eigenvalue weighted by Crippen LogP contribution is -2.43. The minimum absolute atomic E-state index is 0.0558. The monoisotopic (exact) mass is 360 g/mol. The first kappa shape index (κ1) is 16.9. The summed E-state index contributed by atoms with van der Waals surface area (Å²) in [6.45, 7) is 0.604. The summed E-state index contributed by atoms with van der Waals surface area (Å²) in [5, 5.41) is 3.98. The Morgan fingerprint density at radius 1 is 1.20 bits per heavy atom. The summed E-state index contributed by atoms with van der Waals surface area (Å²) in [5.74, 6) is 0.0331. The second kappa shape index (κ2) is 6.64. The van der Waals surface area contributed by atoms with Gasteiger partial charge in [0, 0.05) is 29.6 Å². The number of carbonyl (C=O) groups excluding carboxylic acids is 2. The Morgan fingerprint density at radius 2 is 1.88 bits per heavy atom. The summed E-state index contributed by atoms with van der Waals surface area (Å²) in [4.78, 5) is 27.0. The van der Waals surface area contributed by atoms with Gasteiger partial charge in [0.15, 0.2) is 0 Å². The van der Waals surface area contributed by atoms with Crippen LogP contribution in [0.3, 0.4) is 0 Å². The zero-order valence-electron chi connectivity index (χ0n) is 14.5. The molecule has 4 rings (SSSR count). The van der Waals surface area contributed by atoms with E-state index in [1.54, 1.807) is 0 Å². The highest BCUT2D eigenvalue weighted by atomic mass is 35.5. The van der Waals surface area contributed by atoms with E-state index in [0.717, 1.165) is 37.1 Å². The van der Waals surface area contributed by atoms with Crippen LogP contribution in [0.2, 0.25) is 5.02 Å².